The highest BCUT2D eigenvalue weighted by Gasteiger charge is 2.27. The van der Waals surface area contributed by atoms with Crippen molar-refractivity contribution in [1.29, 1.82) is 0 Å². The maximum Gasteiger partial charge on any atom is 0.219 e. The second-order valence-corrected chi connectivity index (χ2v) is 4.20. The number of nitrogens with zero attached hydrogens (tertiary/aromatic N) is 2. The van der Waals surface area contributed by atoms with Gasteiger partial charge in [0.1, 0.15) is 5.82 Å². The number of piperidine rings is 1. The Morgan fingerprint density at radius 2 is 2.38 bits per heavy atom. The highest BCUT2D eigenvalue weighted by atomic mass is 16.2. The molecule has 0 aromatic carbocycles. The maximum atomic E-state index is 11.6. The van der Waals surface area contributed by atoms with Crippen molar-refractivity contribution in [3.63, 3.8) is 0 Å². The first-order valence-electron chi connectivity index (χ1n) is 5.67. The lowest BCUT2D eigenvalue weighted by atomic mass is 9.95. The molecule has 1 saturated heterocycles. The van der Waals surface area contributed by atoms with Crippen LogP contribution >= 0.6 is 0 Å². The highest BCUT2D eigenvalue weighted by Crippen LogP contribution is 2.32. The van der Waals surface area contributed by atoms with Crippen LogP contribution < -0.4 is 5.73 Å². The van der Waals surface area contributed by atoms with Crippen LogP contribution in [0.4, 0.5) is 5.82 Å². The lowest BCUT2D eigenvalue weighted by Gasteiger charge is -2.35. The van der Waals surface area contributed by atoms with Crippen LogP contribution in [0.25, 0.3) is 0 Å². The number of rotatable bonds is 1. The van der Waals surface area contributed by atoms with Gasteiger partial charge < -0.3 is 10.6 Å². The minimum Gasteiger partial charge on any atom is -0.383 e. The fourth-order valence-corrected chi connectivity index (χ4v) is 2.34. The lowest BCUT2D eigenvalue weighted by Crippen LogP contribution is -2.37. The Morgan fingerprint density at radius 1 is 1.56 bits per heavy atom. The smallest absolute Gasteiger partial charge is 0.219 e. The molecule has 2 heterocycles. The number of amides is 1. The number of hydrogen-bond acceptors (Lipinski definition) is 3. The van der Waals surface area contributed by atoms with E-state index in [0.29, 0.717) is 5.82 Å². The number of nitrogen functional groups attached to an aromatic ring is 1. The summed E-state index contributed by atoms with van der Waals surface area (Å²) < 4.78 is 0. The second-order valence-electron chi connectivity index (χ2n) is 4.20. The van der Waals surface area contributed by atoms with Gasteiger partial charge in [0.05, 0.1) is 6.04 Å². The summed E-state index contributed by atoms with van der Waals surface area (Å²) in [5.41, 5.74) is 6.85. The molecule has 0 saturated carbocycles. The summed E-state index contributed by atoms with van der Waals surface area (Å²) >= 11 is 0. The van der Waals surface area contributed by atoms with Crippen molar-refractivity contribution in [3.8, 4) is 0 Å². The van der Waals surface area contributed by atoms with Crippen molar-refractivity contribution >= 4 is 11.7 Å². The normalized spacial score (nSPS) is 20.8. The Bertz CT molecular complexity index is 392. The molecular weight excluding hydrogens is 202 g/mol. The van der Waals surface area contributed by atoms with E-state index in [4.69, 9.17) is 5.73 Å². The van der Waals surface area contributed by atoms with Crippen molar-refractivity contribution in [2.45, 2.75) is 32.2 Å². The molecule has 1 fully saturated rings. The van der Waals surface area contributed by atoms with Gasteiger partial charge in [-0.05, 0) is 25.3 Å². The summed E-state index contributed by atoms with van der Waals surface area (Å²) in [5, 5.41) is 0. The summed E-state index contributed by atoms with van der Waals surface area (Å²) in [5.74, 6) is 0.661. The predicted molar refractivity (Wildman–Crippen MR) is 62.6 cm³/mol. The Balaban J connectivity index is 2.30. The maximum absolute atomic E-state index is 11.6. The summed E-state index contributed by atoms with van der Waals surface area (Å²) in [6.07, 6.45) is 4.88. The van der Waals surface area contributed by atoms with Gasteiger partial charge >= 0.3 is 0 Å². The standard InChI is InChI=1S/C12H17N3O/c1-9(16)15-8-3-2-6-11(15)10-5-4-7-14-12(10)13/h4-5,7,11H,2-3,6,8H2,1H3,(H2,13,14)/t11-/m1/s1. The summed E-state index contributed by atoms with van der Waals surface area (Å²) in [6, 6.07) is 3.95. The Kier molecular flexibility index (Phi) is 3.08. The van der Waals surface area contributed by atoms with E-state index < -0.39 is 0 Å². The number of likely N-dealkylation sites (tertiary alicyclic amines) is 1. The van der Waals surface area contributed by atoms with Gasteiger partial charge in [0, 0.05) is 25.2 Å². The summed E-state index contributed by atoms with van der Waals surface area (Å²) in [7, 11) is 0. The van der Waals surface area contributed by atoms with Crippen molar-refractivity contribution in [1.82, 2.24) is 9.88 Å². The second kappa shape index (κ2) is 4.51. The van der Waals surface area contributed by atoms with Gasteiger partial charge in [-0.3, -0.25) is 4.79 Å². The fourth-order valence-electron chi connectivity index (χ4n) is 2.34. The van der Waals surface area contributed by atoms with Crippen LogP contribution in [0.3, 0.4) is 0 Å². The molecule has 1 aromatic heterocycles. The Labute approximate surface area is 95.5 Å². The third kappa shape index (κ3) is 2.01. The van der Waals surface area contributed by atoms with E-state index in [1.165, 1.54) is 0 Å². The van der Waals surface area contributed by atoms with Crippen LogP contribution in [-0.2, 0) is 4.79 Å². The zero-order chi connectivity index (χ0) is 11.5. The van der Waals surface area contributed by atoms with Gasteiger partial charge in [0.2, 0.25) is 5.91 Å². The number of carbonyl (C=O) groups is 1. The number of pyridine rings is 1. The number of aromatic nitrogens is 1. The molecule has 16 heavy (non-hydrogen) atoms. The van der Waals surface area contributed by atoms with Gasteiger partial charge in [0.15, 0.2) is 0 Å². The largest absolute Gasteiger partial charge is 0.383 e. The molecule has 1 aliphatic heterocycles. The van der Waals surface area contributed by atoms with E-state index in [0.717, 1.165) is 31.4 Å². The van der Waals surface area contributed by atoms with Crippen LogP contribution in [0.1, 0.15) is 37.8 Å². The van der Waals surface area contributed by atoms with Crippen LogP contribution in [0, 0.1) is 0 Å². The molecule has 2 rings (SSSR count). The number of carbonyl (C=O) groups excluding carboxylic acids is 1. The molecule has 86 valence electrons. The van der Waals surface area contributed by atoms with Crippen LogP contribution in [0.5, 0.6) is 0 Å². The molecule has 0 spiro atoms. The first-order valence-corrected chi connectivity index (χ1v) is 5.67. The molecule has 1 aromatic rings. The minimum absolute atomic E-state index is 0.111. The molecule has 4 heteroatoms. The molecule has 1 atom stereocenters. The zero-order valence-corrected chi connectivity index (χ0v) is 9.52. The lowest BCUT2D eigenvalue weighted by molar-refractivity contribution is -0.132. The topological polar surface area (TPSA) is 59.2 Å². The predicted octanol–water partition coefficient (Wildman–Crippen LogP) is 1.74. The first-order chi connectivity index (χ1) is 7.70. The quantitative estimate of drug-likeness (QED) is 0.782. The SMILES string of the molecule is CC(=O)N1CCCC[C@@H]1c1cccnc1N. The van der Waals surface area contributed by atoms with Gasteiger partial charge in [0.25, 0.3) is 0 Å². The van der Waals surface area contributed by atoms with Crippen molar-refractivity contribution in [2.24, 2.45) is 0 Å². The third-order valence-corrected chi connectivity index (χ3v) is 3.14. The first kappa shape index (κ1) is 10.9. The van der Waals surface area contributed by atoms with Crippen LogP contribution in [-0.4, -0.2) is 22.3 Å². The average molecular weight is 219 g/mol. The monoisotopic (exact) mass is 219 g/mol. The minimum atomic E-state index is 0.111. The summed E-state index contributed by atoms with van der Waals surface area (Å²) in [4.78, 5) is 17.5. The van der Waals surface area contributed by atoms with Gasteiger partial charge in [-0.15, -0.1) is 0 Å². The van der Waals surface area contributed by atoms with E-state index in [9.17, 15) is 4.79 Å². The number of anilines is 1. The van der Waals surface area contributed by atoms with E-state index in [1.54, 1.807) is 13.1 Å². The third-order valence-electron chi connectivity index (χ3n) is 3.14. The fraction of sp³-hybridized carbons (Fsp3) is 0.500. The van der Waals surface area contributed by atoms with Crippen molar-refractivity contribution in [2.75, 3.05) is 12.3 Å². The molecule has 0 bridgehead atoms. The molecule has 2 N–H and O–H groups in total. The molecule has 0 radical (unpaired) electrons. The molecule has 1 amide bonds. The Morgan fingerprint density at radius 3 is 3.06 bits per heavy atom. The number of hydrogen-bond donors (Lipinski definition) is 1. The van der Waals surface area contributed by atoms with Crippen molar-refractivity contribution < 1.29 is 4.79 Å². The van der Waals surface area contributed by atoms with E-state index in [1.807, 2.05) is 17.0 Å². The summed E-state index contributed by atoms with van der Waals surface area (Å²) in [6.45, 7) is 2.44. The van der Waals surface area contributed by atoms with Crippen LogP contribution in [0.15, 0.2) is 18.3 Å². The Hall–Kier alpha value is -1.58. The molecule has 0 unspecified atom stereocenters. The van der Waals surface area contributed by atoms with E-state index in [-0.39, 0.29) is 11.9 Å². The highest BCUT2D eigenvalue weighted by molar-refractivity contribution is 5.74. The van der Waals surface area contributed by atoms with Gasteiger partial charge in [-0.2, -0.15) is 0 Å². The zero-order valence-electron chi connectivity index (χ0n) is 9.52. The van der Waals surface area contributed by atoms with Gasteiger partial charge in [-0.25, -0.2) is 4.98 Å². The molecule has 4 nitrogen and oxygen atoms in total. The van der Waals surface area contributed by atoms with E-state index in [2.05, 4.69) is 4.98 Å². The van der Waals surface area contributed by atoms with E-state index >= 15 is 0 Å². The molecule has 0 aliphatic carbocycles. The molecule has 1 aliphatic rings. The molecular formula is C12H17N3O. The van der Waals surface area contributed by atoms with Gasteiger partial charge in [-0.1, -0.05) is 6.07 Å². The number of nitrogens with two attached hydrogens (primary N) is 1. The van der Waals surface area contributed by atoms with Crippen molar-refractivity contribution in [3.05, 3.63) is 23.9 Å². The average Bonchev–Trinajstić information content (AvgIpc) is 2.29. The van der Waals surface area contributed by atoms with Crippen LogP contribution in [0.2, 0.25) is 0 Å².